The smallest absolute Gasteiger partial charge is 0.260 e. The summed E-state index contributed by atoms with van der Waals surface area (Å²) in [5.74, 6) is 0.382. The summed E-state index contributed by atoms with van der Waals surface area (Å²) in [6.45, 7) is 3.00. The number of rotatable bonds is 7. The standard InChI is InChI=1S/C23H33N3O3/c1-4-5-12-29-17-10-8-16(9-11-17)24-22(27)19-14-25(2)21-18(15-6-7-15)13-26(3)23(28)20(19)21/h13-17H,4-12H2,1-3H3,(H,24,27). The van der Waals surface area contributed by atoms with Crippen LogP contribution in [0.25, 0.3) is 10.9 Å². The number of fused-ring (bicyclic) bond motifs is 1. The quantitative estimate of drug-likeness (QED) is 0.724. The van der Waals surface area contributed by atoms with Crippen LogP contribution in [0.15, 0.2) is 17.2 Å². The van der Waals surface area contributed by atoms with Crippen molar-refractivity contribution in [2.24, 2.45) is 14.1 Å². The van der Waals surface area contributed by atoms with Gasteiger partial charge in [-0.2, -0.15) is 0 Å². The molecule has 4 rings (SSSR count). The van der Waals surface area contributed by atoms with Gasteiger partial charge in [0.1, 0.15) is 0 Å². The van der Waals surface area contributed by atoms with Gasteiger partial charge in [0.25, 0.3) is 11.5 Å². The van der Waals surface area contributed by atoms with Crippen LogP contribution in [0.3, 0.4) is 0 Å². The Labute approximate surface area is 172 Å². The first-order valence-electron chi connectivity index (χ1n) is 11.1. The number of ether oxygens (including phenoxy) is 1. The summed E-state index contributed by atoms with van der Waals surface area (Å²) >= 11 is 0. The van der Waals surface area contributed by atoms with Crippen LogP contribution in [0.5, 0.6) is 0 Å². The molecule has 6 heteroatoms. The van der Waals surface area contributed by atoms with Crippen LogP contribution in [0.2, 0.25) is 0 Å². The molecule has 2 saturated carbocycles. The van der Waals surface area contributed by atoms with Crippen molar-refractivity contribution in [2.75, 3.05) is 6.61 Å². The number of carbonyl (C=O) groups excluding carboxylic acids is 1. The molecule has 0 aromatic carbocycles. The molecule has 0 unspecified atom stereocenters. The molecule has 2 aromatic rings. The summed E-state index contributed by atoms with van der Waals surface area (Å²) in [7, 11) is 3.71. The van der Waals surface area contributed by atoms with Gasteiger partial charge in [-0.15, -0.1) is 0 Å². The molecule has 6 nitrogen and oxygen atoms in total. The lowest BCUT2D eigenvalue weighted by atomic mass is 9.92. The summed E-state index contributed by atoms with van der Waals surface area (Å²) in [6, 6.07) is 0.152. The normalized spacial score (nSPS) is 22.2. The highest BCUT2D eigenvalue weighted by atomic mass is 16.5. The summed E-state index contributed by atoms with van der Waals surface area (Å²) in [6.07, 6.45) is 12.5. The van der Waals surface area contributed by atoms with Crippen molar-refractivity contribution in [3.05, 3.63) is 33.9 Å². The highest BCUT2D eigenvalue weighted by molar-refractivity contribution is 6.07. The number of carbonyl (C=O) groups is 1. The molecule has 158 valence electrons. The van der Waals surface area contributed by atoms with Crippen LogP contribution in [0, 0.1) is 0 Å². The fourth-order valence-electron chi connectivity index (χ4n) is 4.59. The van der Waals surface area contributed by atoms with Gasteiger partial charge in [-0.3, -0.25) is 9.59 Å². The lowest BCUT2D eigenvalue weighted by Crippen LogP contribution is -2.39. The summed E-state index contributed by atoms with van der Waals surface area (Å²) in [5.41, 5.74) is 2.53. The van der Waals surface area contributed by atoms with Crippen LogP contribution < -0.4 is 10.9 Å². The largest absolute Gasteiger partial charge is 0.378 e. The van der Waals surface area contributed by atoms with Crippen molar-refractivity contribution < 1.29 is 9.53 Å². The topological polar surface area (TPSA) is 65.3 Å². The third kappa shape index (κ3) is 4.13. The molecule has 1 amide bonds. The Kier molecular flexibility index (Phi) is 5.81. The fraction of sp³-hybridized carbons (Fsp3) is 0.652. The van der Waals surface area contributed by atoms with E-state index in [0.29, 0.717) is 23.0 Å². The fourth-order valence-corrected chi connectivity index (χ4v) is 4.59. The maximum atomic E-state index is 13.1. The van der Waals surface area contributed by atoms with E-state index in [4.69, 9.17) is 4.74 Å². The molecule has 2 fully saturated rings. The summed E-state index contributed by atoms with van der Waals surface area (Å²) < 4.78 is 9.52. The van der Waals surface area contributed by atoms with E-state index in [1.807, 2.05) is 24.0 Å². The zero-order valence-corrected chi connectivity index (χ0v) is 17.9. The van der Waals surface area contributed by atoms with E-state index in [-0.39, 0.29) is 17.5 Å². The average molecular weight is 400 g/mol. The van der Waals surface area contributed by atoms with Crippen LogP contribution in [-0.2, 0) is 18.8 Å². The number of aromatic nitrogens is 2. The average Bonchev–Trinajstić information content (AvgIpc) is 3.49. The first-order chi connectivity index (χ1) is 14.0. The second-order valence-electron chi connectivity index (χ2n) is 8.82. The maximum absolute atomic E-state index is 13.1. The Hall–Kier alpha value is -2.08. The Morgan fingerprint density at radius 1 is 1.10 bits per heavy atom. The van der Waals surface area contributed by atoms with Gasteiger partial charge in [0, 0.05) is 39.1 Å². The Bertz CT molecular complexity index is 946. The molecule has 0 bridgehead atoms. The lowest BCUT2D eigenvalue weighted by molar-refractivity contribution is 0.0209. The van der Waals surface area contributed by atoms with Crippen molar-refractivity contribution >= 4 is 16.8 Å². The van der Waals surface area contributed by atoms with Gasteiger partial charge in [-0.25, -0.2) is 0 Å². The van der Waals surface area contributed by atoms with Crippen molar-refractivity contribution in [1.82, 2.24) is 14.5 Å². The number of amides is 1. The minimum absolute atomic E-state index is 0.0943. The number of hydrogen-bond acceptors (Lipinski definition) is 3. The first kappa shape index (κ1) is 20.2. The van der Waals surface area contributed by atoms with Gasteiger partial charge in [-0.05, 0) is 56.4 Å². The van der Waals surface area contributed by atoms with E-state index in [1.165, 1.54) is 5.56 Å². The van der Waals surface area contributed by atoms with Crippen LogP contribution in [0.4, 0.5) is 0 Å². The minimum atomic E-state index is -0.129. The number of aryl methyl sites for hydroxylation is 2. The number of hydrogen-bond donors (Lipinski definition) is 1. The van der Waals surface area contributed by atoms with Gasteiger partial charge in [0.15, 0.2) is 0 Å². The van der Waals surface area contributed by atoms with Gasteiger partial charge in [0.2, 0.25) is 0 Å². The highest BCUT2D eigenvalue weighted by Crippen LogP contribution is 2.43. The predicted octanol–water partition coefficient (Wildman–Crippen LogP) is 3.61. The first-order valence-corrected chi connectivity index (χ1v) is 11.1. The maximum Gasteiger partial charge on any atom is 0.260 e. The van der Waals surface area contributed by atoms with Crippen molar-refractivity contribution in [3.63, 3.8) is 0 Å². The second-order valence-corrected chi connectivity index (χ2v) is 8.82. The van der Waals surface area contributed by atoms with E-state index in [0.717, 1.165) is 63.5 Å². The second kappa shape index (κ2) is 8.34. The SMILES string of the molecule is CCCCOC1CCC(NC(=O)c2cn(C)c3c(C4CC4)cn(C)c(=O)c23)CC1. The number of pyridine rings is 1. The van der Waals surface area contributed by atoms with E-state index in [9.17, 15) is 9.59 Å². The molecule has 2 heterocycles. The molecular weight excluding hydrogens is 366 g/mol. The summed E-state index contributed by atoms with van der Waals surface area (Å²) in [5, 5.41) is 3.75. The molecule has 0 spiro atoms. The van der Waals surface area contributed by atoms with Crippen LogP contribution in [0.1, 0.15) is 80.1 Å². The van der Waals surface area contributed by atoms with Gasteiger partial charge >= 0.3 is 0 Å². The zero-order chi connectivity index (χ0) is 20.5. The molecule has 2 aromatic heterocycles. The molecular formula is C23H33N3O3. The number of nitrogens with one attached hydrogen (secondary N) is 1. The van der Waals surface area contributed by atoms with Gasteiger partial charge in [-0.1, -0.05) is 13.3 Å². The van der Waals surface area contributed by atoms with E-state index >= 15 is 0 Å². The molecule has 2 aliphatic rings. The van der Waals surface area contributed by atoms with Gasteiger partial charge < -0.3 is 19.2 Å². The van der Waals surface area contributed by atoms with E-state index < -0.39 is 0 Å². The Morgan fingerprint density at radius 2 is 1.83 bits per heavy atom. The molecule has 0 atom stereocenters. The van der Waals surface area contributed by atoms with Crippen molar-refractivity contribution in [3.8, 4) is 0 Å². The number of nitrogens with zero attached hydrogens (tertiary/aromatic N) is 2. The van der Waals surface area contributed by atoms with Crippen molar-refractivity contribution in [1.29, 1.82) is 0 Å². The van der Waals surface area contributed by atoms with Crippen LogP contribution in [-0.4, -0.2) is 33.8 Å². The molecule has 0 radical (unpaired) electrons. The highest BCUT2D eigenvalue weighted by Gasteiger charge is 2.30. The summed E-state index contributed by atoms with van der Waals surface area (Å²) in [4.78, 5) is 26.0. The molecule has 0 aliphatic heterocycles. The molecule has 2 aliphatic carbocycles. The van der Waals surface area contributed by atoms with Crippen LogP contribution >= 0.6 is 0 Å². The molecule has 29 heavy (non-hydrogen) atoms. The lowest BCUT2D eigenvalue weighted by Gasteiger charge is -2.29. The molecule has 1 N–H and O–H groups in total. The van der Waals surface area contributed by atoms with E-state index in [1.54, 1.807) is 11.6 Å². The third-order valence-corrected chi connectivity index (χ3v) is 6.44. The van der Waals surface area contributed by atoms with Gasteiger partial charge in [0.05, 0.1) is 22.6 Å². The van der Waals surface area contributed by atoms with E-state index in [2.05, 4.69) is 12.2 Å². The predicted molar refractivity (Wildman–Crippen MR) is 115 cm³/mol. The third-order valence-electron chi connectivity index (χ3n) is 6.44. The number of unbranched alkanes of at least 4 members (excludes halogenated alkanes) is 1. The minimum Gasteiger partial charge on any atom is -0.378 e. The Balaban J connectivity index is 1.49. The monoisotopic (exact) mass is 399 g/mol. The Morgan fingerprint density at radius 3 is 2.48 bits per heavy atom. The zero-order valence-electron chi connectivity index (χ0n) is 17.9. The van der Waals surface area contributed by atoms with Crippen molar-refractivity contribution in [2.45, 2.75) is 76.4 Å². The molecule has 0 saturated heterocycles.